The van der Waals surface area contributed by atoms with Gasteiger partial charge in [-0.2, -0.15) is 0 Å². The topological polar surface area (TPSA) is 29.5 Å². The number of amides is 1. The van der Waals surface area contributed by atoms with Crippen LogP contribution in [0.25, 0.3) is 0 Å². The minimum atomic E-state index is -0.185. The summed E-state index contributed by atoms with van der Waals surface area (Å²) in [4.78, 5) is 14.4. The molecular weight excluding hydrogens is 345 g/mol. The van der Waals surface area contributed by atoms with Crippen LogP contribution in [0.5, 0.6) is 0 Å². The second kappa shape index (κ2) is 8.02. The highest BCUT2D eigenvalue weighted by Gasteiger charge is 2.25. The van der Waals surface area contributed by atoms with Gasteiger partial charge in [0.2, 0.25) is 5.91 Å². The molecule has 0 N–H and O–H groups in total. The molecule has 0 aromatic heterocycles. The van der Waals surface area contributed by atoms with E-state index in [2.05, 4.69) is 0 Å². The lowest BCUT2D eigenvalue weighted by Crippen LogP contribution is -2.42. The van der Waals surface area contributed by atoms with Gasteiger partial charge in [-0.1, -0.05) is 53.5 Å². The van der Waals surface area contributed by atoms with Crippen LogP contribution in [0.15, 0.2) is 48.5 Å². The third kappa shape index (κ3) is 4.50. The van der Waals surface area contributed by atoms with Crippen LogP contribution in [0.1, 0.15) is 23.7 Å². The molecule has 0 spiro atoms. The molecule has 5 heteroatoms. The fraction of sp³-hybridized carbons (Fsp3) is 0.316. The molecule has 1 aliphatic heterocycles. The van der Waals surface area contributed by atoms with Crippen molar-refractivity contribution >= 4 is 29.1 Å². The quantitative estimate of drug-likeness (QED) is 0.798. The number of rotatable bonds is 4. The average Bonchev–Trinajstić information content (AvgIpc) is 2.60. The molecule has 0 saturated carbocycles. The van der Waals surface area contributed by atoms with Crippen molar-refractivity contribution in [1.29, 1.82) is 0 Å². The van der Waals surface area contributed by atoms with Crippen molar-refractivity contribution in [3.8, 4) is 0 Å². The molecule has 0 aliphatic carbocycles. The van der Waals surface area contributed by atoms with E-state index in [4.69, 9.17) is 27.9 Å². The SMILES string of the molecule is O=C(CCc1ccccc1)N1CCOC(c2cc(Cl)cc(Cl)c2)C1. The number of aryl methyl sites for hydroxylation is 1. The van der Waals surface area contributed by atoms with Gasteiger partial charge in [0.15, 0.2) is 0 Å². The maximum absolute atomic E-state index is 12.5. The normalized spacial score (nSPS) is 17.8. The van der Waals surface area contributed by atoms with E-state index in [0.29, 0.717) is 36.2 Å². The summed E-state index contributed by atoms with van der Waals surface area (Å²) in [5.74, 6) is 0.153. The van der Waals surface area contributed by atoms with Crippen LogP contribution in [-0.4, -0.2) is 30.5 Å². The molecule has 126 valence electrons. The maximum atomic E-state index is 12.5. The van der Waals surface area contributed by atoms with Gasteiger partial charge in [0.25, 0.3) is 0 Å². The zero-order valence-electron chi connectivity index (χ0n) is 13.3. The second-order valence-corrected chi connectivity index (χ2v) is 6.76. The Kier molecular flexibility index (Phi) is 5.77. The van der Waals surface area contributed by atoms with Crippen molar-refractivity contribution in [2.24, 2.45) is 0 Å². The molecule has 1 amide bonds. The molecule has 0 radical (unpaired) electrons. The number of benzene rings is 2. The Morgan fingerprint density at radius 2 is 1.83 bits per heavy atom. The highest BCUT2D eigenvalue weighted by Crippen LogP contribution is 2.28. The van der Waals surface area contributed by atoms with E-state index >= 15 is 0 Å². The molecule has 1 heterocycles. The number of ether oxygens (including phenoxy) is 1. The third-order valence-corrected chi connectivity index (χ3v) is 4.58. The highest BCUT2D eigenvalue weighted by atomic mass is 35.5. The van der Waals surface area contributed by atoms with Gasteiger partial charge in [0.05, 0.1) is 13.2 Å². The summed E-state index contributed by atoms with van der Waals surface area (Å²) in [6.45, 7) is 1.68. The van der Waals surface area contributed by atoms with Crippen molar-refractivity contribution < 1.29 is 9.53 Å². The summed E-state index contributed by atoms with van der Waals surface area (Å²) in [5.41, 5.74) is 2.09. The van der Waals surface area contributed by atoms with Gasteiger partial charge in [-0.3, -0.25) is 4.79 Å². The Hall–Kier alpha value is -1.55. The number of morpholine rings is 1. The fourth-order valence-corrected chi connectivity index (χ4v) is 3.44. The van der Waals surface area contributed by atoms with E-state index in [1.807, 2.05) is 47.4 Å². The van der Waals surface area contributed by atoms with Crippen molar-refractivity contribution in [2.75, 3.05) is 19.7 Å². The number of hydrogen-bond donors (Lipinski definition) is 0. The van der Waals surface area contributed by atoms with E-state index < -0.39 is 0 Å². The van der Waals surface area contributed by atoms with E-state index in [-0.39, 0.29) is 12.0 Å². The van der Waals surface area contributed by atoms with Gasteiger partial charge in [-0.15, -0.1) is 0 Å². The number of carbonyl (C=O) groups is 1. The summed E-state index contributed by atoms with van der Waals surface area (Å²) in [5, 5.41) is 1.15. The lowest BCUT2D eigenvalue weighted by molar-refractivity contribution is -0.139. The maximum Gasteiger partial charge on any atom is 0.223 e. The minimum absolute atomic E-state index is 0.153. The van der Waals surface area contributed by atoms with E-state index in [1.54, 1.807) is 6.07 Å². The number of hydrogen-bond acceptors (Lipinski definition) is 2. The second-order valence-electron chi connectivity index (χ2n) is 5.89. The predicted octanol–water partition coefficient (Wildman–Crippen LogP) is 4.53. The standard InChI is InChI=1S/C19H19Cl2NO2/c20-16-10-15(11-17(21)12-16)18-13-22(8-9-24-18)19(23)7-6-14-4-2-1-3-5-14/h1-5,10-12,18H,6-9,13H2. The summed E-state index contributed by atoms with van der Waals surface area (Å²) in [7, 11) is 0. The molecule has 1 unspecified atom stereocenters. The Bertz CT molecular complexity index is 686. The smallest absolute Gasteiger partial charge is 0.223 e. The van der Waals surface area contributed by atoms with Crippen LogP contribution in [0.2, 0.25) is 10.0 Å². The van der Waals surface area contributed by atoms with Crippen molar-refractivity contribution in [2.45, 2.75) is 18.9 Å². The highest BCUT2D eigenvalue weighted by molar-refractivity contribution is 6.34. The first-order valence-electron chi connectivity index (χ1n) is 8.01. The lowest BCUT2D eigenvalue weighted by Gasteiger charge is -2.33. The molecule has 3 rings (SSSR count). The van der Waals surface area contributed by atoms with E-state index in [0.717, 1.165) is 12.0 Å². The molecular formula is C19H19Cl2NO2. The van der Waals surface area contributed by atoms with Crippen LogP contribution in [0.3, 0.4) is 0 Å². The first-order chi connectivity index (χ1) is 11.6. The van der Waals surface area contributed by atoms with Crippen LogP contribution < -0.4 is 0 Å². The van der Waals surface area contributed by atoms with Crippen LogP contribution in [-0.2, 0) is 16.0 Å². The molecule has 3 nitrogen and oxygen atoms in total. The number of nitrogens with zero attached hydrogens (tertiary/aromatic N) is 1. The molecule has 1 saturated heterocycles. The first kappa shape index (κ1) is 17.3. The van der Waals surface area contributed by atoms with Gasteiger partial charge in [-0.05, 0) is 35.7 Å². The molecule has 0 bridgehead atoms. The average molecular weight is 364 g/mol. The van der Waals surface area contributed by atoms with E-state index in [9.17, 15) is 4.79 Å². The molecule has 2 aromatic carbocycles. The predicted molar refractivity (Wildman–Crippen MR) is 96.5 cm³/mol. The molecule has 1 atom stereocenters. The minimum Gasteiger partial charge on any atom is -0.370 e. The third-order valence-electron chi connectivity index (χ3n) is 4.15. The largest absolute Gasteiger partial charge is 0.370 e. The van der Waals surface area contributed by atoms with Crippen molar-refractivity contribution in [1.82, 2.24) is 4.90 Å². The zero-order chi connectivity index (χ0) is 16.9. The summed E-state index contributed by atoms with van der Waals surface area (Å²) in [6.07, 6.45) is 1.08. The van der Waals surface area contributed by atoms with Crippen molar-refractivity contribution in [3.63, 3.8) is 0 Å². The Morgan fingerprint density at radius 3 is 2.54 bits per heavy atom. The van der Waals surface area contributed by atoms with Crippen molar-refractivity contribution in [3.05, 3.63) is 69.7 Å². The lowest BCUT2D eigenvalue weighted by atomic mass is 10.1. The van der Waals surface area contributed by atoms with Crippen LogP contribution in [0, 0.1) is 0 Å². The molecule has 1 aliphatic rings. The Morgan fingerprint density at radius 1 is 1.12 bits per heavy atom. The Balaban J connectivity index is 1.61. The summed E-state index contributed by atoms with van der Waals surface area (Å²) < 4.78 is 5.81. The van der Waals surface area contributed by atoms with Crippen LogP contribution >= 0.6 is 23.2 Å². The number of halogens is 2. The molecule has 2 aromatic rings. The van der Waals surface area contributed by atoms with Crippen LogP contribution in [0.4, 0.5) is 0 Å². The van der Waals surface area contributed by atoms with Gasteiger partial charge in [0.1, 0.15) is 6.10 Å². The van der Waals surface area contributed by atoms with Gasteiger partial charge in [-0.25, -0.2) is 0 Å². The van der Waals surface area contributed by atoms with E-state index in [1.165, 1.54) is 5.56 Å². The summed E-state index contributed by atoms with van der Waals surface area (Å²) in [6, 6.07) is 15.4. The first-order valence-corrected chi connectivity index (χ1v) is 8.77. The number of carbonyl (C=O) groups excluding carboxylic acids is 1. The van der Waals surface area contributed by atoms with Gasteiger partial charge in [0, 0.05) is 23.0 Å². The fourth-order valence-electron chi connectivity index (χ4n) is 2.89. The monoisotopic (exact) mass is 363 g/mol. The molecule has 24 heavy (non-hydrogen) atoms. The molecule has 1 fully saturated rings. The van der Waals surface area contributed by atoms with Gasteiger partial charge < -0.3 is 9.64 Å². The van der Waals surface area contributed by atoms with Gasteiger partial charge >= 0.3 is 0 Å². The zero-order valence-corrected chi connectivity index (χ0v) is 14.8. The summed E-state index contributed by atoms with van der Waals surface area (Å²) >= 11 is 12.1. The Labute approximate surface area is 152 Å².